The van der Waals surface area contributed by atoms with Crippen molar-refractivity contribution in [1.29, 1.82) is 0 Å². The van der Waals surface area contributed by atoms with Gasteiger partial charge in [0.05, 0.1) is 5.69 Å². The molecule has 2 aromatic heterocycles. The minimum Gasteiger partial charge on any atom is -0.359 e. The van der Waals surface area contributed by atoms with E-state index >= 15 is 0 Å². The largest absolute Gasteiger partial charge is 0.359 e. The van der Waals surface area contributed by atoms with Crippen molar-refractivity contribution in [3.05, 3.63) is 59.7 Å². The number of rotatable bonds is 5. The highest BCUT2D eigenvalue weighted by Crippen LogP contribution is 2.44. The first-order chi connectivity index (χ1) is 12.2. The lowest BCUT2D eigenvalue weighted by atomic mass is 9.66. The normalized spacial score (nSPS) is 15.6. The molecule has 0 amide bonds. The van der Waals surface area contributed by atoms with Crippen molar-refractivity contribution in [2.75, 3.05) is 11.9 Å². The van der Waals surface area contributed by atoms with E-state index in [0.717, 1.165) is 35.0 Å². The predicted molar refractivity (Wildman–Crippen MR) is 98.3 cm³/mol. The van der Waals surface area contributed by atoms with E-state index < -0.39 is 0 Å². The summed E-state index contributed by atoms with van der Waals surface area (Å²) >= 11 is 1.52. The number of nitrogens with zero attached hydrogens (tertiary/aromatic N) is 3. The van der Waals surface area contributed by atoms with Crippen molar-refractivity contribution in [3.63, 3.8) is 0 Å². The average Bonchev–Trinajstić information content (AvgIpc) is 3.05. The number of halogens is 1. The fraction of sp³-hybridized carbons (Fsp3) is 0.316. The number of benzene rings is 1. The Balaban J connectivity index is 1.50. The minimum absolute atomic E-state index is 0.221. The standard InChI is InChI=1S/C19H19FN4S/c1-13-5-7-14(8-6-13)17-23-24-18(25-17)22-12-19(9-3-10-19)16-15(20)4-2-11-21-16/h2,4-8,11H,3,9-10,12H2,1H3,(H,22,24). The lowest BCUT2D eigenvalue weighted by Gasteiger charge is -2.41. The lowest BCUT2D eigenvalue weighted by molar-refractivity contribution is 0.243. The van der Waals surface area contributed by atoms with Crippen LogP contribution in [-0.4, -0.2) is 21.7 Å². The van der Waals surface area contributed by atoms with Crippen LogP contribution in [0.25, 0.3) is 10.6 Å². The van der Waals surface area contributed by atoms with Gasteiger partial charge < -0.3 is 5.32 Å². The van der Waals surface area contributed by atoms with Crippen molar-refractivity contribution >= 4 is 16.5 Å². The molecule has 2 heterocycles. The van der Waals surface area contributed by atoms with Gasteiger partial charge in [0.1, 0.15) is 10.8 Å². The summed E-state index contributed by atoms with van der Waals surface area (Å²) < 4.78 is 14.2. The highest BCUT2D eigenvalue weighted by Gasteiger charge is 2.41. The van der Waals surface area contributed by atoms with Gasteiger partial charge in [0.15, 0.2) is 0 Å². The zero-order chi connectivity index (χ0) is 17.3. The van der Waals surface area contributed by atoms with E-state index in [1.165, 1.54) is 23.0 Å². The summed E-state index contributed by atoms with van der Waals surface area (Å²) in [5.41, 5.74) is 2.61. The maximum absolute atomic E-state index is 14.2. The van der Waals surface area contributed by atoms with Crippen LogP contribution in [0.3, 0.4) is 0 Å². The molecule has 1 saturated carbocycles. The molecule has 0 saturated heterocycles. The average molecular weight is 354 g/mol. The molecule has 0 aliphatic heterocycles. The summed E-state index contributed by atoms with van der Waals surface area (Å²) in [5, 5.41) is 13.5. The number of anilines is 1. The van der Waals surface area contributed by atoms with Crippen LogP contribution in [0.2, 0.25) is 0 Å². The summed E-state index contributed by atoms with van der Waals surface area (Å²) in [7, 11) is 0. The van der Waals surface area contributed by atoms with Crippen molar-refractivity contribution in [1.82, 2.24) is 15.2 Å². The van der Waals surface area contributed by atoms with Crippen LogP contribution in [0.4, 0.5) is 9.52 Å². The second-order valence-corrected chi connectivity index (χ2v) is 7.58. The number of nitrogens with one attached hydrogen (secondary N) is 1. The Labute approximate surface area is 150 Å². The van der Waals surface area contributed by atoms with Gasteiger partial charge in [-0.2, -0.15) is 0 Å². The topological polar surface area (TPSA) is 50.7 Å². The maximum Gasteiger partial charge on any atom is 0.206 e. The molecule has 25 heavy (non-hydrogen) atoms. The number of hydrogen-bond donors (Lipinski definition) is 1. The molecule has 0 radical (unpaired) electrons. The van der Waals surface area contributed by atoms with Crippen LogP contribution in [0.5, 0.6) is 0 Å². The van der Waals surface area contributed by atoms with Crippen molar-refractivity contribution < 1.29 is 4.39 Å². The van der Waals surface area contributed by atoms with Gasteiger partial charge in [-0.15, -0.1) is 10.2 Å². The van der Waals surface area contributed by atoms with E-state index in [2.05, 4.69) is 51.7 Å². The predicted octanol–water partition coefficient (Wildman–Crippen LogP) is 4.58. The molecule has 0 unspecified atom stereocenters. The smallest absolute Gasteiger partial charge is 0.206 e. The van der Waals surface area contributed by atoms with Crippen LogP contribution in [-0.2, 0) is 5.41 Å². The molecule has 128 valence electrons. The molecule has 1 N–H and O–H groups in total. The van der Waals surface area contributed by atoms with Crippen LogP contribution in [0, 0.1) is 12.7 Å². The molecule has 0 bridgehead atoms. The zero-order valence-corrected chi connectivity index (χ0v) is 14.8. The summed E-state index contributed by atoms with van der Waals surface area (Å²) in [6.07, 6.45) is 4.65. The van der Waals surface area contributed by atoms with Gasteiger partial charge in [-0.3, -0.25) is 4.98 Å². The van der Waals surface area contributed by atoms with E-state index in [4.69, 9.17) is 0 Å². The molecule has 6 heteroatoms. The number of aromatic nitrogens is 3. The molecule has 3 aromatic rings. The van der Waals surface area contributed by atoms with Gasteiger partial charge in [-0.1, -0.05) is 47.6 Å². The second-order valence-electron chi connectivity index (χ2n) is 6.60. The van der Waals surface area contributed by atoms with Crippen LogP contribution in [0.1, 0.15) is 30.5 Å². The molecule has 1 aliphatic rings. The van der Waals surface area contributed by atoms with Crippen molar-refractivity contribution in [2.24, 2.45) is 0 Å². The molecular formula is C19H19FN4S. The SMILES string of the molecule is Cc1ccc(-c2nnc(NCC3(c4ncccc4F)CCC3)s2)cc1. The summed E-state index contributed by atoms with van der Waals surface area (Å²) in [6, 6.07) is 11.4. The first-order valence-corrected chi connectivity index (χ1v) is 9.23. The Kier molecular flexibility index (Phi) is 4.21. The summed E-state index contributed by atoms with van der Waals surface area (Å²) in [4.78, 5) is 4.30. The van der Waals surface area contributed by atoms with E-state index in [1.54, 1.807) is 12.3 Å². The fourth-order valence-corrected chi connectivity index (χ4v) is 3.97. The van der Waals surface area contributed by atoms with Gasteiger partial charge in [0.25, 0.3) is 0 Å². The molecular weight excluding hydrogens is 335 g/mol. The first kappa shape index (κ1) is 16.1. The molecule has 1 aliphatic carbocycles. The Morgan fingerprint density at radius 3 is 2.64 bits per heavy atom. The van der Waals surface area contributed by atoms with Crippen LogP contribution in [0.15, 0.2) is 42.6 Å². The maximum atomic E-state index is 14.2. The Bertz CT molecular complexity index is 871. The number of aryl methyl sites for hydroxylation is 1. The zero-order valence-electron chi connectivity index (χ0n) is 14.0. The van der Waals surface area contributed by atoms with Crippen molar-refractivity contribution in [2.45, 2.75) is 31.6 Å². The Morgan fingerprint density at radius 1 is 1.16 bits per heavy atom. The van der Waals surface area contributed by atoms with E-state index in [1.807, 2.05) is 0 Å². The summed E-state index contributed by atoms with van der Waals surface area (Å²) in [6.45, 7) is 2.69. The molecule has 1 fully saturated rings. The Morgan fingerprint density at radius 2 is 1.96 bits per heavy atom. The third-order valence-corrected chi connectivity index (χ3v) is 5.80. The fourth-order valence-electron chi connectivity index (χ4n) is 3.23. The van der Waals surface area contributed by atoms with Crippen LogP contribution < -0.4 is 5.32 Å². The second kappa shape index (κ2) is 6.52. The van der Waals surface area contributed by atoms with E-state index in [9.17, 15) is 4.39 Å². The van der Waals surface area contributed by atoms with E-state index in [-0.39, 0.29) is 11.2 Å². The highest BCUT2D eigenvalue weighted by atomic mass is 32.1. The molecule has 0 spiro atoms. The lowest BCUT2D eigenvalue weighted by Crippen LogP contribution is -2.42. The minimum atomic E-state index is -0.235. The summed E-state index contributed by atoms with van der Waals surface area (Å²) in [5.74, 6) is -0.221. The van der Waals surface area contributed by atoms with Gasteiger partial charge in [0, 0.05) is 23.7 Å². The number of pyridine rings is 1. The molecule has 0 atom stereocenters. The van der Waals surface area contributed by atoms with Gasteiger partial charge in [-0.05, 0) is 31.9 Å². The van der Waals surface area contributed by atoms with Gasteiger partial charge in [-0.25, -0.2) is 4.39 Å². The van der Waals surface area contributed by atoms with E-state index in [0.29, 0.717) is 12.2 Å². The highest BCUT2D eigenvalue weighted by molar-refractivity contribution is 7.18. The molecule has 4 rings (SSSR count). The van der Waals surface area contributed by atoms with Gasteiger partial charge in [0.2, 0.25) is 5.13 Å². The third kappa shape index (κ3) is 3.14. The third-order valence-electron chi connectivity index (χ3n) is 4.87. The molecule has 1 aromatic carbocycles. The van der Waals surface area contributed by atoms with Gasteiger partial charge >= 0.3 is 0 Å². The monoisotopic (exact) mass is 354 g/mol. The quantitative estimate of drug-likeness (QED) is 0.728. The molecule has 4 nitrogen and oxygen atoms in total. The van der Waals surface area contributed by atoms with Crippen LogP contribution >= 0.6 is 11.3 Å². The van der Waals surface area contributed by atoms with Crippen molar-refractivity contribution in [3.8, 4) is 10.6 Å². The number of hydrogen-bond acceptors (Lipinski definition) is 5. The Hall–Kier alpha value is -2.34. The first-order valence-electron chi connectivity index (χ1n) is 8.42.